The minimum absolute atomic E-state index is 0.516. The molecule has 1 nitrogen and oxygen atoms in total. The molecule has 0 fully saturated rings. The Morgan fingerprint density at radius 3 is 2.35 bits per heavy atom. The number of hydrogen-bond donors (Lipinski definition) is 1. The van der Waals surface area contributed by atoms with Crippen LogP contribution in [-0.2, 0) is 6.42 Å². The lowest BCUT2D eigenvalue weighted by Gasteiger charge is -2.16. The third kappa shape index (κ3) is 4.74. The van der Waals surface area contributed by atoms with E-state index in [2.05, 4.69) is 56.9 Å². The predicted octanol–water partition coefficient (Wildman–Crippen LogP) is 3.91. The van der Waals surface area contributed by atoms with Gasteiger partial charge in [0.2, 0.25) is 0 Å². The molecule has 0 bridgehead atoms. The molecule has 1 aromatic carbocycles. The van der Waals surface area contributed by atoms with Gasteiger partial charge in [-0.15, -0.1) is 6.58 Å². The summed E-state index contributed by atoms with van der Waals surface area (Å²) in [5.74, 6) is 0.613. The second-order valence-corrected chi connectivity index (χ2v) is 4.88. The summed E-state index contributed by atoms with van der Waals surface area (Å²) < 4.78 is 0. The van der Waals surface area contributed by atoms with Gasteiger partial charge in [0.05, 0.1) is 0 Å². The van der Waals surface area contributed by atoms with E-state index < -0.39 is 0 Å². The van der Waals surface area contributed by atoms with Crippen LogP contribution in [0.1, 0.15) is 44.2 Å². The molecule has 0 saturated carbocycles. The first-order valence-corrected chi connectivity index (χ1v) is 6.60. The molecule has 0 aromatic heterocycles. The van der Waals surface area contributed by atoms with Crippen LogP contribution in [0.25, 0.3) is 0 Å². The second-order valence-electron chi connectivity index (χ2n) is 4.88. The molecular weight excluding hydrogens is 206 g/mol. The Morgan fingerprint density at radius 2 is 1.88 bits per heavy atom. The summed E-state index contributed by atoms with van der Waals surface area (Å²) in [6.45, 7) is 11.4. The molecule has 1 unspecified atom stereocenters. The van der Waals surface area contributed by atoms with E-state index in [1.165, 1.54) is 11.1 Å². The van der Waals surface area contributed by atoms with E-state index in [-0.39, 0.29) is 0 Å². The fourth-order valence-electron chi connectivity index (χ4n) is 2.05. The van der Waals surface area contributed by atoms with Gasteiger partial charge in [0.15, 0.2) is 0 Å². The maximum atomic E-state index is 3.82. The van der Waals surface area contributed by atoms with Crippen molar-refractivity contribution in [2.45, 2.75) is 45.6 Å². The van der Waals surface area contributed by atoms with E-state index in [0.29, 0.717) is 12.0 Å². The molecule has 1 N–H and O–H groups in total. The van der Waals surface area contributed by atoms with Crippen LogP contribution < -0.4 is 5.32 Å². The molecule has 0 spiro atoms. The lowest BCUT2D eigenvalue weighted by molar-refractivity contribution is 0.529. The molecule has 1 heteroatoms. The maximum absolute atomic E-state index is 3.82. The van der Waals surface area contributed by atoms with Crippen molar-refractivity contribution in [2.75, 3.05) is 6.54 Å². The monoisotopic (exact) mass is 231 g/mol. The summed E-state index contributed by atoms with van der Waals surface area (Å²) in [7, 11) is 0. The van der Waals surface area contributed by atoms with Gasteiger partial charge in [-0.1, -0.05) is 51.1 Å². The van der Waals surface area contributed by atoms with Gasteiger partial charge in [0, 0.05) is 6.04 Å². The van der Waals surface area contributed by atoms with Crippen LogP contribution in [0.2, 0.25) is 0 Å². The van der Waals surface area contributed by atoms with Crippen molar-refractivity contribution in [2.24, 2.45) is 0 Å². The fraction of sp³-hybridized carbons (Fsp3) is 0.500. The first kappa shape index (κ1) is 14.0. The Bertz CT molecular complexity index is 324. The molecule has 94 valence electrons. The van der Waals surface area contributed by atoms with E-state index in [4.69, 9.17) is 0 Å². The maximum Gasteiger partial charge on any atom is 0.0142 e. The smallest absolute Gasteiger partial charge is 0.0142 e. The molecule has 0 radical (unpaired) electrons. The average Bonchev–Trinajstić information content (AvgIpc) is 2.30. The largest absolute Gasteiger partial charge is 0.314 e. The van der Waals surface area contributed by atoms with Crippen molar-refractivity contribution in [3.63, 3.8) is 0 Å². The summed E-state index contributed by atoms with van der Waals surface area (Å²) in [6.07, 6.45) is 4.10. The first-order chi connectivity index (χ1) is 8.17. The van der Waals surface area contributed by atoms with E-state index in [1.54, 1.807) is 0 Å². The molecule has 0 aliphatic rings. The molecular formula is C16H25N. The minimum Gasteiger partial charge on any atom is -0.314 e. The van der Waals surface area contributed by atoms with Crippen LogP contribution in [0.3, 0.4) is 0 Å². The Labute approximate surface area is 106 Å². The van der Waals surface area contributed by atoms with Crippen LogP contribution in [-0.4, -0.2) is 12.6 Å². The SMILES string of the molecule is C=CCC(Cc1ccc(C(C)C)cc1)NCC. The van der Waals surface area contributed by atoms with Crippen molar-refractivity contribution in [1.82, 2.24) is 5.32 Å². The summed E-state index contributed by atoms with van der Waals surface area (Å²) in [5.41, 5.74) is 2.82. The van der Waals surface area contributed by atoms with E-state index in [1.807, 2.05) is 6.08 Å². The molecule has 1 atom stereocenters. The molecule has 1 aromatic rings. The van der Waals surface area contributed by atoms with Gasteiger partial charge in [-0.05, 0) is 36.4 Å². The van der Waals surface area contributed by atoms with Crippen molar-refractivity contribution in [3.05, 3.63) is 48.0 Å². The second kappa shape index (κ2) is 7.29. The van der Waals surface area contributed by atoms with Crippen LogP contribution in [0.15, 0.2) is 36.9 Å². The highest BCUT2D eigenvalue weighted by atomic mass is 14.9. The molecule has 0 amide bonds. The Kier molecular flexibility index (Phi) is 5.99. The topological polar surface area (TPSA) is 12.0 Å². The lowest BCUT2D eigenvalue weighted by Crippen LogP contribution is -2.30. The quantitative estimate of drug-likeness (QED) is 0.702. The molecule has 17 heavy (non-hydrogen) atoms. The van der Waals surface area contributed by atoms with Crippen LogP contribution in [0.4, 0.5) is 0 Å². The summed E-state index contributed by atoms with van der Waals surface area (Å²) in [4.78, 5) is 0. The molecule has 0 aliphatic carbocycles. The summed E-state index contributed by atoms with van der Waals surface area (Å²) in [5, 5.41) is 3.50. The van der Waals surface area contributed by atoms with Crippen molar-refractivity contribution in [1.29, 1.82) is 0 Å². The molecule has 1 rings (SSSR count). The van der Waals surface area contributed by atoms with E-state index in [9.17, 15) is 0 Å². The van der Waals surface area contributed by atoms with E-state index in [0.717, 1.165) is 19.4 Å². The normalized spacial score (nSPS) is 12.7. The van der Waals surface area contributed by atoms with Gasteiger partial charge in [-0.2, -0.15) is 0 Å². The number of rotatable bonds is 7. The van der Waals surface area contributed by atoms with E-state index >= 15 is 0 Å². The predicted molar refractivity (Wildman–Crippen MR) is 76.5 cm³/mol. The van der Waals surface area contributed by atoms with Gasteiger partial charge in [0.25, 0.3) is 0 Å². The van der Waals surface area contributed by atoms with Gasteiger partial charge in [-0.3, -0.25) is 0 Å². The summed E-state index contributed by atoms with van der Waals surface area (Å²) in [6, 6.07) is 9.52. The van der Waals surface area contributed by atoms with Gasteiger partial charge >= 0.3 is 0 Å². The standard InChI is InChI=1S/C16H25N/c1-5-7-16(17-6-2)12-14-8-10-15(11-9-14)13(3)4/h5,8-11,13,16-17H,1,6-7,12H2,2-4H3. The molecule has 0 heterocycles. The molecule has 0 aliphatic heterocycles. The van der Waals surface area contributed by atoms with Crippen molar-refractivity contribution >= 4 is 0 Å². The van der Waals surface area contributed by atoms with Gasteiger partial charge in [-0.25, -0.2) is 0 Å². The zero-order chi connectivity index (χ0) is 12.7. The van der Waals surface area contributed by atoms with Gasteiger partial charge < -0.3 is 5.32 Å². The van der Waals surface area contributed by atoms with Crippen LogP contribution >= 0.6 is 0 Å². The van der Waals surface area contributed by atoms with Crippen LogP contribution in [0.5, 0.6) is 0 Å². The highest BCUT2D eigenvalue weighted by molar-refractivity contribution is 5.25. The number of benzene rings is 1. The Morgan fingerprint density at radius 1 is 1.24 bits per heavy atom. The Balaban J connectivity index is 2.62. The number of hydrogen-bond acceptors (Lipinski definition) is 1. The number of nitrogens with one attached hydrogen (secondary N) is 1. The van der Waals surface area contributed by atoms with Crippen LogP contribution in [0, 0.1) is 0 Å². The summed E-state index contributed by atoms with van der Waals surface area (Å²) >= 11 is 0. The highest BCUT2D eigenvalue weighted by Gasteiger charge is 2.06. The lowest BCUT2D eigenvalue weighted by atomic mass is 9.98. The zero-order valence-electron chi connectivity index (χ0n) is 11.4. The third-order valence-electron chi connectivity index (χ3n) is 3.07. The third-order valence-corrected chi connectivity index (χ3v) is 3.07. The van der Waals surface area contributed by atoms with Crippen molar-refractivity contribution < 1.29 is 0 Å². The highest BCUT2D eigenvalue weighted by Crippen LogP contribution is 2.16. The number of likely N-dealkylation sites (N-methyl/N-ethyl adjacent to an activating group) is 1. The van der Waals surface area contributed by atoms with Crippen molar-refractivity contribution in [3.8, 4) is 0 Å². The fourth-order valence-corrected chi connectivity index (χ4v) is 2.05. The average molecular weight is 231 g/mol. The minimum atomic E-state index is 0.516. The zero-order valence-corrected chi connectivity index (χ0v) is 11.4. The van der Waals surface area contributed by atoms with Gasteiger partial charge in [0.1, 0.15) is 0 Å². The molecule has 0 saturated heterocycles. The Hall–Kier alpha value is -1.08. The first-order valence-electron chi connectivity index (χ1n) is 6.60.